The molecule has 0 saturated heterocycles. The van der Waals surface area contributed by atoms with E-state index in [-0.39, 0.29) is 12.3 Å². The fraction of sp³-hybridized carbons (Fsp3) is 0.174. The first-order valence-corrected chi connectivity index (χ1v) is 9.40. The maximum absolute atomic E-state index is 12.8. The van der Waals surface area contributed by atoms with E-state index in [0.29, 0.717) is 13.2 Å². The molecule has 2 aromatic carbocycles. The molecule has 0 radical (unpaired) electrons. The van der Waals surface area contributed by atoms with Crippen LogP contribution in [-0.4, -0.2) is 28.8 Å². The fourth-order valence-corrected chi connectivity index (χ4v) is 2.82. The Labute approximate surface area is 170 Å². The van der Waals surface area contributed by atoms with Gasteiger partial charge in [-0.3, -0.25) is 4.79 Å². The monoisotopic (exact) mass is 386 g/mol. The second-order valence-corrected chi connectivity index (χ2v) is 6.21. The van der Waals surface area contributed by atoms with Crippen LogP contribution < -0.4 is 9.64 Å². The molecule has 0 bridgehead atoms. The predicted molar refractivity (Wildman–Crippen MR) is 113 cm³/mol. The van der Waals surface area contributed by atoms with Crippen molar-refractivity contribution in [1.29, 1.82) is 5.26 Å². The molecule has 0 aliphatic rings. The lowest BCUT2D eigenvalue weighted by Gasteiger charge is -2.20. The summed E-state index contributed by atoms with van der Waals surface area (Å²) in [4.78, 5) is 14.4. The van der Waals surface area contributed by atoms with Gasteiger partial charge in [0, 0.05) is 30.1 Å². The molecule has 1 aromatic heterocycles. The van der Waals surface area contributed by atoms with Gasteiger partial charge in [0.25, 0.3) is 5.91 Å². The van der Waals surface area contributed by atoms with Crippen molar-refractivity contribution in [1.82, 2.24) is 9.78 Å². The first kappa shape index (κ1) is 19.9. The zero-order chi connectivity index (χ0) is 20.5. The summed E-state index contributed by atoms with van der Waals surface area (Å²) < 4.78 is 7.20. The van der Waals surface area contributed by atoms with Gasteiger partial charge in [-0.2, -0.15) is 10.4 Å². The van der Waals surface area contributed by atoms with Crippen LogP contribution in [-0.2, 0) is 4.79 Å². The molecule has 0 N–H and O–H groups in total. The normalized spacial score (nSPS) is 10.6. The van der Waals surface area contributed by atoms with Crippen molar-refractivity contribution >= 4 is 17.7 Å². The largest absolute Gasteiger partial charge is 0.494 e. The number of para-hydroxylation sites is 1. The van der Waals surface area contributed by atoms with Crippen molar-refractivity contribution in [2.24, 2.45) is 0 Å². The Morgan fingerprint density at radius 3 is 2.66 bits per heavy atom. The van der Waals surface area contributed by atoms with Gasteiger partial charge in [0.1, 0.15) is 5.75 Å². The number of nitriles is 1. The number of benzene rings is 2. The molecule has 6 nitrogen and oxygen atoms in total. The van der Waals surface area contributed by atoms with E-state index in [9.17, 15) is 4.79 Å². The number of hydrogen-bond acceptors (Lipinski definition) is 4. The average molecular weight is 386 g/mol. The van der Waals surface area contributed by atoms with E-state index in [0.717, 1.165) is 22.7 Å². The minimum Gasteiger partial charge on any atom is -0.494 e. The van der Waals surface area contributed by atoms with Crippen molar-refractivity contribution in [2.45, 2.75) is 13.3 Å². The summed E-state index contributed by atoms with van der Waals surface area (Å²) in [6.45, 7) is 2.81. The lowest BCUT2D eigenvalue weighted by atomic mass is 10.2. The molecule has 146 valence electrons. The second kappa shape index (κ2) is 9.90. The summed E-state index contributed by atoms with van der Waals surface area (Å²) >= 11 is 0. The number of nitrogens with zero attached hydrogens (tertiary/aromatic N) is 4. The Morgan fingerprint density at radius 2 is 1.97 bits per heavy atom. The highest BCUT2D eigenvalue weighted by Crippen LogP contribution is 2.20. The number of anilines is 1. The highest BCUT2D eigenvalue weighted by Gasteiger charge is 2.13. The molecule has 1 heterocycles. The van der Waals surface area contributed by atoms with E-state index in [1.165, 1.54) is 6.08 Å². The Hall–Kier alpha value is -3.85. The zero-order valence-corrected chi connectivity index (χ0v) is 16.2. The zero-order valence-electron chi connectivity index (χ0n) is 16.2. The maximum Gasteiger partial charge on any atom is 0.251 e. The van der Waals surface area contributed by atoms with Gasteiger partial charge in [-0.1, -0.05) is 18.2 Å². The van der Waals surface area contributed by atoms with Crippen LogP contribution in [0.25, 0.3) is 11.8 Å². The number of ether oxygens (including phenoxy) is 1. The Balaban J connectivity index is 1.74. The molecule has 3 aromatic rings. The highest BCUT2D eigenvalue weighted by atomic mass is 16.5. The van der Waals surface area contributed by atoms with Crippen LogP contribution in [0.1, 0.15) is 18.9 Å². The van der Waals surface area contributed by atoms with E-state index in [2.05, 4.69) is 11.2 Å². The van der Waals surface area contributed by atoms with E-state index in [1.54, 1.807) is 21.9 Å². The van der Waals surface area contributed by atoms with Gasteiger partial charge in [-0.25, -0.2) is 4.68 Å². The first-order valence-electron chi connectivity index (χ1n) is 9.40. The molecule has 6 heteroatoms. The van der Waals surface area contributed by atoms with Gasteiger partial charge < -0.3 is 9.64 Å². The lowest BCUT2D eigenvalue weighted by Crippen LogP contribution is -2.30. The number of carbonyl (C=O) groups is 1. The topological polar surface area (TPSA) is 71.2 Å². The van der Waals surface area contributed by atoms with Crippen LogP contribution in [0.15, 0.2) is 73.1 Å². The van der Waals surface area contributed by atoms with Crippen LogP contribution in [0.3, 0.4) is 0 Å². The molecular weight excluding hydrogens is 364 g/mol. The van der Waals surface area contributed by atoms with Crippen molar-refractivity contribution in [2.75, 3.05) is 18.1 Å². The second-order valence-electron chi connectivity index (χ2n) is 6.21. The standard InChI is InChI=1S/C23H22N4O2/c1-2-29-22-12-10-20(11-13-22)26(16-6-15-24)23(28)14-9-19-17-25-27(18-19)21-7-4-3-5-8-21/h3-5,7-14,17-18H,2,6,16H2,1H3/b14-9+. The number of rotatable bonds is 8. The van der Waals surface area contributed by atoms with Crippen LogP contribution in [0.4, 0.5) is 5.69 Å². The summed E-state index contributed by atoms with van der Waals surface area (Å²) in [5, 5.41) is 13.3. The first-order chi connectivity index (χ1) is 14.2. The number of amides is 1. The van der Waals surface area contributed by atoms with E-state index < -0.39 is 0 Å². The van der Waals surface area contributed by atoms with E-state index in [1.807, 2.05) is 67.7 Å². The van der Waals surface area contributed by atoms with Crippen molar-refractivity contribution < 1.29 is 9.53 Å². The number of hydrogen-bond donors (Lipinski definition) is 0. The molecule has 29 heavy (non-hydrogen) atoms. The molecule has 0 saturated carbocycles. The van der Waals surface area contributed by atoms with Crippen LogP contribution >= 0.6 is 0 Å². The summed E-state index contributed by atoms with van der Waals surface area (Å²) in [5.41, 5.74) is 2.48. The Bertz CT molecular complexity index is 1000. The third kappa shape index (κ3) is 5.33. The SMILES string of the molecule is CCOc1ccc(N(CCC#N)C(=O)/C=C/c2cnn(-c3ccccc3)c2)cc1. The Kier molecular flexibility index (Phi) is 6.80. The van der Waals surface area contributed by atoms with Crippen molar-refractivity contribution in [3.8, 4) is 17.5 Å². The minimum atomic E-state index is -0.197. The Morgan fingerprint density at radius 1 is 1.21 bits per heavy atom. The molecular formula is C23H22N4O2. The third-order valence-electron chi connectivity index (χ3n) is 4.21. The maximum atomic E-state index is 12.8. The molecule has 0 spiro atoms. The van der Waals surface area contributed by atoms with Crippen molar-refractivity contribution in [3.05, 3.63) is 78.6 Å². The predicted octanol–water partition coefficient (Wildman–Crippen LogP) is 4.23. The molecule has 0 unspecified atom stereocenters. The van der Waals surface area contributed by atoms with E-state index >= 15 is 0 Å². The molecule has 3 rings (SSSR count). The van der Waals surface area contributed by atoms with Gasteiger partial charge in [0.05, 0.1) is 31.0 Å². The quantitative estimate of drug-likeness (QED) is 0.543. The third-order valence-corrected chi connectivity index (χ3v) is 4.21. The van der Waals surface area contributed by atoms with Gasteiger partial charge >= 0.3 is 0 Å². The number of aromatic nitrogens is 2. The fourth-order valence-electron chi connectivity index (χ4n) is 2.82. The van der Waals surface area contributed by atoms with E-state index in [4.69, 9.17) is 10.00 Å². The lowest BCUT2D eigenvalue weighted by molar-refractivity contribution is -0.114. The van der Waals surface area contributed by atoms with Crippen molar-refractivity contribution in [3.63, 3.8) is 0 Å². The van der Waals surface area contributed by atoms with Gasteiger partial charge in [-0.05, 0) is 49.4 Å². The molecule has 0 atom stereocenters. The molecule has 0 fully saturated rings. The summed E-state index contributed by atoms with van der Waals surface area (Å²) in [7, 11) is 0. The van der Waals surface area contributed by atoms with Crippen LogP contribution in [0.2, 0.25) is 0 Å². The smallest absolute Gasteiger partial charge is 0.251 e. The summed E-state index contributed by atoms with van der Waals surface area (Å²) in [5.74, 6) is 0.546. The van der Waals surface area contributed by atoms with Crippen LogP contribution in [0, 0.1) is 11.3 Å². The van der Waals surface area contributed by atoms with Crippen LogP contribution in [0.5, 0.6) is 5.75 Å². The highest BCUT2D eigenvalue weighted by molar-refractivity contribution is 6.03. The molecule has 1 amide bonds. The number of carbonyl (C=O) groups excluding carboxylic acids is 1. The van der Waals surface area contributed by atoms with Gasteiger partial charge in [-0.15, -0.1) is 0 Å². The minimum absolute atomic E-state index is 0.197. The van der Waals surface area contributed by atoms with Gasteiger partial charge in [0.15, 0.2) is 0 Å². The summed E-state index contributed by atoms with van der Waals surface area (Å²) in [6, 6.07) is 19.1. The summed E-state index contributed by atoms with van der Waals surface area (Å²) in [6.07, 6.45) is 7.03. The molecule has 0 aliphatic heterocycles. The average Bonchev–Trinajstić information content (AvgIpc) is 3.23. The molecule has 0 aliphatic carbocycles. The van der Waals surface area contributed by atoms with Gasteiger partial charge in [0.2, 0.25) is 0 Å².